The molecule has 0 saturated heterocycles. The topological polar surface area (TPSA) is 68.5 Å². The first-order valence-electron chi connectivity index (χ1n) is 4.42. The van der Waals surface area contributed by atoms with Crippen LogP contribution in [-0.4, -0.2) is 24.7 Å². The van der Waals surface area contributed by atoms with Crippen LogP contribution in [0.25, 0.3) is 0 Å². The van der Waals surface area contributed by atoms with Crippen molar-refractivity contribution in [2.75, 3.05) is 5.32 Å². The Morgan fingerprint density at radius 2 is 1.94 bits per heavy atom. The molecule has 0 aliphatic rings. The molecule has 0 fully saturated rings. The molecular weight excluding hydrogens is 251 g/mol. The van der Waals surface area contributed by atoms with Crippen LogP contribution in [0.3, 0.4) is 0 Å². The van der Waals surface area contributed by atoms with E-state index in [2.05, 4.69) is 25.4 Å². The van der Waals surface area contributed by atoms with Crippen LogP contribution in [0, 0.1) is 0 Å². The molecule has 0 amide bonds. The van der Waals surface area contributed by atoms with Gasteiger partial charge in [-0.05, 0) is 23.2 Å². The maximum Gasteiger partial charge on any atom is 0.228 e. The van der Waals surface area contributed by atoms with E-state index in [-0.39, 0.29) is 10.6 Å². The third kappa shape index (κ3) is 2.80. The molecule has 0 atom stereocenters. The molecular formula is C8H8Cl2N6. The third-order valence-electron chi connectivity index (χ3n) is 1.79. The highest BCUT2D eigenvalue weighted by Crippen LogP contribution is 2.10. The Hall–Kier alpha value is -1.40. The van der Waals surface area contributed by atoms with Crippen molar-refractivity contribution in [1.82, 2.24) is 24.7 Å². The molecule has 0 unspecified atom stereocenters. The molecule has 8 heteroatoms. The minimum Gasteiger partial charge on any atom is -0.350 e. The summed E-state index contributed by atoms with van der Waals surface area (Å²) in [5, 5.41) is 7.13. The molecule has 0 spiro atoms. The van der Waals surface area contributed by atoms with Gasteiger partial charge in [0.2, 0.25) is 16.5 Å². The monoisotopic (exact) mass is 258 g/mol. The highest BCUT2D eigenvalue weighted by atomic mass is 35.5. The van der Waals surface area contributed by atoms with E-state index in [9.17, 15) is 0 Å². The van der Waals surface area contributed by atoms with Gasteiger partial charge in [-0.25, -0.2) is 0 Å². The lowest BCUT2D eigenvalue weighted by molar-refractivity contribution is 0.767. The number of hydrogen-bond donors (Lipinski definition) is 1. The van der Waals surface area contributed by atoms with Crippen molar-refractivity contribution >= 4 is 29.2 Å². The van der Waals surface area contributed by atoms with Crippen LogP contribution in [0.15, 0.2) is 12.4 Å². The lowest BCUT2D eigenvalue weighted by Crippen LogP contribution is -2.04. The van der Waals surface area contributed by atoms with Gasteiger partial charge < -0.3 is 5.32 Å². The van der Waals surface area contributed by atoms with Gasteiger partial charge in [-0.3, -0.25) is 4.68 Å². The zero-order valence-corrected chi connectivity index (χ0v) is 9.87. The molecule has 0 aliphatic heterocycles. The summed E-state index contributed by atoms with van der Waals surface area (Å²) in [5.41, 5.74) is 1.01. The van der Waals surface area contributed by atoms with Crippen molar-refractivity contribution in [3.8, 4) is 0 Å². The summed E-state index contributed by atoms with van der Waals surface area (Å²) in [6.45, 7) is 0.546. The number of aromatic nitrogens is 5. The summed E-state index contributed by atoms with van der Waals surface area (Å²) in [6, 6.07) is 0. The summed E-state index contributed by atoms with van der Waals surface area (Å²) < 4.78 is 1.71. The summed E-state index contributed by atoms with van der Waals surface area (Å²) in [7, 11) is 1.85. The minimum absolute atomic E-state index is 0.0636. The number of anilines is 1. The van der Waals surface area contributed by atoms with E-state index in [1.54, 1.807) is 10.9 Å². The number of rotatable bonds is 3. The number of nitrogens with one attached hydrogen (secondary N) is 1. The average molecular weight is 259 g/mol. The number of hydrogen-bond acceptors (Lipinski definition) is 5. The zero-order valence-electron chi connectivity index (χ0n) is 8.35. The molecule has 84 valence electrons. The van der Waals surface area contributed by atoms with Crippen molar-refractivity contribution in [1.29, 1.82) is 0 Å². The Balaban J connectivity index is 2.04. The molecule has 0 saturated carbocycles. The van der Waals surface area contributed by atoms with Crippen molar-refractivity contribution in [2.45, 2.75) is 6.54 Å². The average Bonchev–Trinajstić information content (AvgIpc) is 2.60. The lowest BCUT2D eigenvalue weighted by atomic mass is 10.4. The second-order valence-electron chi connectivity index (χ2n) is 3.07. The van der Waals surface area contributed by atoms with Crippen molar-refractivity contribution in [3.05, 3.63) is 28.5 Å². The summed E-state index contributed by atoms with van der Waals surface area (Å²) >= 11 is 11.3. The van der Waals surface area contributed by atoms with Crippen LogP contribution in [0.5, 0.6) is 0 Å². The summed E-state index contributed by atoms with van der Waals surface area (Å²) in [6.07, 6.45) is 3.63. The molecule has 2 heterocycles. The second-order valence-corrected chi connectivity index (χ2v) is 3.75. The van der Waals surface area contributed by atoms with Crippen molar-refractivity contribution < 1.29 is 0 Å². The summed E-state index contributed by atoms with van der Waals surface area (Å²) in [4.78, 5) is 11.4. The zero-order chi connectivity index (χ0) is 11.5. The van der Waals surface area contributed by atoms with Gasteiger partial charge in [0.05, 0.1) is 6.20 Å². The van der Waals surface area contributed by atoms with Crippen molar-refractivity contribution in [2.24, 2.45) is 7.05 Å². The van der Waals surface area contributed by atoms with Crippen LogP contribution >= 0.6 is 23.2 Å². The maximum atomic E-state index is 5.63. The molecule has 0 radical (unpaired) electrons. The predicted molar refractivity (Wildman–Crippen MR) is 60.4 cm³/mol. The highest BCUT2D eigenvalue weighted by Gasteiger charge is 2.03. The first-order chi connectivity index (χ1) is 7.63. The van der Waals surface area contributed by atoms with Gasteiger partial charge in [0, 0.05) is 25.4 Å². The van der Waals surface area contributed by atoms with Gasteiger partial charge in [-0.15, -0.1) is 0 Å². The van der Waals surface area contributed by atoms with E-state index < -0.39 is 0 Å². The van der Waals surface area contributed by atoms with Crippen LogP contribution in [0.2, 0.25) is 10.6 Å². The van der Waals surface area contributed by atoms with Crippen LogP contribution < -0.4 is 5.32 Å². The fourth-order valence-electron chi connectivity index (χ4n) is 1.15. The first-order valence-corrected chi connectivity index (χ1v) is 5.17. The fraction of sp³-hybridized carbons (Fsp3) is 0.250. The Labute approximate surface area is 102 Å². The summed E-state index contributed by atoms with van der Waals surface area (Å²) in [5.74, 6) is 0.342. The van der Waals surface area contributed by atoms with E-state index in [0.717, 1.165) is 5.56 Å². The molecule has 2 rings (SSSR count). The SMILES string of the molecule is Cn1cc(CNc2nc(Cl)nc(Cl)n2)cn1. The van der Waals surface area contributed by atoms with Gasteiger partial charge in [0.1, 0.15) is 0 Å². The highest BCUT2D eigenvalue weighted by molar-refractivity contribution is 6.31. The maximum absolute atomic E-state index is 5.63. The van der Waals surface area contributed by atoms with Gasteiger partial charge in [-0.1, -0.05) is 0 Å². The van der Waals surface area contributed by atoms with Crippen molar-refractivity contribution in [3.63, 3.8) is 0 Å². The normalized spacial score (nSPS) is 10.4. The Kier molecular flexibility index (Phi) is 3.21. The van der Waals surface area contributed by atoms with Gasteiger partial charge in [0.25, 0.3) is 0 Å². The molecule has 0 aromatic carbocycles. The Bertz CT molecular complexity index is 477. The molecule has 1 N–H and O–H groups in total. The van der Waals surface area contributed by atoms with E-state index in [1.165, 1.54) is 0 Å². The Morgan fingerprint density at radius 3 is 2.50 bits per heavy atom. The lowest BCUT2D eigenvalue weighted by Gasteiger charge is -2.02. The molecule has 16 heavy (non-hydrogen) atoms. The van der Waals surface area contributed by atoms with Gasteiger partial charge in [-0.2, -0.15) is 20.1 Å². The van der Waals surface area contributed by atoms with Crippen LogP contribution in [-0.2, 0) is 13.6 Å². The van der Waals surface area contributed by atoms with Crippen LogP contribution in [0.4, 0.5) is 5.95 Å². The van der Waals surface area contributed by atoms with E-state index in [0.29, 0.717) is 12.5 Å². The first kappa shape index (κ1) is 11.1. The van der Waals surface area contributed by atoms with Gasteiger partial charge in [0.15, 0.2) is 0 Å². The van der Waals surface area contributed by atoms with E-state index in [1.807, 2.05) is 13.2 Å². The number of aryl methyl sites for hydroxylation is 1. The quantitative estimate of drug-likeness (QED) is 0.905. The Morgan fingerprint density at radius 1 is 1.25 bits per heavy atom. The second kappa shape index (κ2) is 4.63. The van der Waals surface area contributed by atoms with Gasteiger partial charge >= 0.3 is 0 Å². The van der Waals surface area contributed by atoms with E-state index >= 15 is 0 Å². The number of nitrogens with zero attached hydrogens (tertiary/aromatic N) is 5. The molecule has 0 bridgehead atoms. The molecule has 0 aliphatic carbocycles. The molecule has 6 nitrogen and oxygen atoms in total. The smallest absolute Gasteiger partial charge is 0.228 e. The minimum atomic E-state index is 0.0636. The standard InChI is InChI=1S/C8H8Cl2N6/c1-16-4-5(3-12-16)2-11-8-14-6(9)13-7(10)15-8/h3-4H,2H2,1H3,(H,11,13,14,15). The van der Waals surface area contributed by atoms with Crippen LogP contribution in [0.1, 0.15) is 5.56 Å². The fourth-order valence-corrected chi connectivity index (χ4v) is 1.51. The molecule has 2 aromatic rings. The predicted octanol–water partition coefficient (Wildman–Crippen LogP) is 1.52. The van der Waals surface area contributed by atoms with E-state index in [4.69, 9.17) is 23.2 Å². The third-order valence-corrected chi connectivity index (χ3v) is 2.13. The largest absolute Gasteiger partial charge is 0.350 e. The molecule has 2 aromatic heterocycles. The number of halogens is 2.